The molecule has 1 unspecified atom stereocenters. The van der Waals surface area contributed by atoms with Crippen LogP contribution >= 0.6 is 11.6 Å². The summed E-state index contributed by atoms with van der Waals surface area (Å²) in [6, 6.07) is 4.01. The summed E-state index contributed by atoms with van der Waals surface area (Å²) in [7, 11) is 0. The van der Waals surface area contributed by atoms with Crippen molar-refractivity contribution in [3.05, 3.63) is 29.0 Å². The number of aromatic nitrogens is 1. The minimum Gasteiger partial charge on any atom is -0.299 e. The Morgan fingerprint density at radius 1 is 1.56 bits per heavy atom. The van der Waals surface area contributed by atoms with Crippen LogP contribution in [0.5, 0.6) is 0 Å². The standard InChI is InChI=1S/C13H19ClN2/c1-10(2)12-4-6-16(9-12)8-11-3-5-15-13(14)7-11/h3,5,7,10,12H,4,6,8-9H2,1-2H3. The van der Waals surface area contributed by atoms with Gasteiger partial charge in [0.2, 0.25) is 0 Å². The molecule has 1 aliphatic heterocycles. The molecule has 3 heteroatoms. The van der Waals surface area contributed by atoms with Gasteiger partial charge in [-0.05, 0) is 42.5 Å². The molecular weight excluding hydrogens is 220 g/mol. The SMILES string of the molecule is CC(C)C1CCN(Cc2ccnc(Cl)c2)C1. The number of hydrogen-bond donors (Lipinski definition) is 0. The van der Waals surface area contributed by atoms with E-state index in [0.29, 0.717) is 5.15 Å². The fourth-order valence-corrected chi connectivity index (χ4v) is 2.55. The summed E-state index contributed by atoms with van der Waals surface area (Å²) >= 11 is 5.88. The maximum absolute atomic E-state index is 5.88. The molecule has 0 spiro atoms. The van der Waals surface area contributed by atoms with Gasteiger partial charge in [0, 0.05) is 19.3 Å². The highest BCUT2D eigenvalue weighted by molar-refractivity contribution is 6.29. The van der Waals surface area contributed by atoms with Gasteiger partial charge in [0.25, 0.3) is 0 Å². The van der Waals surface area contributed by atoms with Crippen LogP contribution in [0.15, 0.2) is 18.3 Å². The van der Waals surface area contributed by atoms with Crippen LogP contribution < -0.4 is 0 Å². The van der Waals surface area contributed by atoms with Gasteiger partial charge in [-0.3, -0.25) is 4.90 Å². The summed E-state index contributed by atoms with van der Waals surface area (Å²) in [5.74, 6) is 1.66. The highest BCUT2D eigenvalue weighted by atomic mass is 35.5. The first-order chi connectivity index (χ1) is 7.65. The summed E-state index contributed by atoms with van der Waals surface area (Å²) in [6.07, 6.45) is 3.12. The molecule has 0 amide bonds. The van der Waals surface area contributed by atoms with Crippen LogP contribution in [0, 0.1) is 11.8 Å². The number of likely N-dealkylation sites (tertiary alicyclic amines) is 1. The molecule has 1 atom stereocenters. The average Bonchev–Trinajstić information content (AvgIpc) is 2.66. The van der Waals surface area contributed by atoms with Crippen molar-refractivity contribution < 1.29 is 0 Å². The topological polar surface area (TPSA) is 16.1 Å². The monoisotopic (exact) mass is 238 g/mol. The molecule has 0 aromatic carbocycles. The number of hydrogen-bond acceptors (Lipinski definition) is 2. The molecule has 1 aromatic rings. The quantitative estimate of drug-likeness (QED) is 0.752. The van der Waals surface area contributed by atoms with Gasteiger partial charge in [0.1, 0.15) is 5.15 Å². The molecular formula is C13H19ClN2. The third-order valence-electron chi connectivity index (χ3n) is 3.45. The van der Waals surface area contributed by atoms with E-state index in [2.05, 4.69) is 29.8 Å². The average molecular weight is 239 g/mol. The van der Waals surface area contributed by atoms with E-state index in [9.17, 15) is 0 Å². The fourth-order valence-electron chi connectivity index (χ4n) is 2.35. The molecule has 2 heterocycles. The highest BCUT2D eigenvalue weighted by Crippen LogP contribution is 2.25. The van der Waals surface area contributed by atoms with Gasteiger partial charge in [-0.15, -0.1) is 0 Å². The summed E-state index contributed by atoms with van der Waals surface area (Å²) in [5.41, 5.74) is 1.27. The maximum Gasteiger partial charge on any atom is 0.129 e. The maximum atomic E-state index is 5.88. The molecule has 0 bridgehead atoms. The van der Waals surface area contributed by atoms with Gasteiger partial charge in [-0.1, -0.05) is 25.4 Å². The smallest absolute Gasteiger partial charge is 0.129 e. The molecule has 2 nitrogen and oxygen atoms in total. The molecule has 1 saturated heterocycles. The van der Waals surface area contributed by atoms with Crippen molar-refractivity contribution in [1.82, 2.24) is 9.88 Å². The molecule has 0 aliphatic carbocycles. The van der Waals surface area contributed by atoms with Gasteiger partial charge in [0.05, 0.1) is 0 Å². The third-order valence-corrected chi connectivity index (χ3v) is 3.66. The van der Waals surface area contributed by atoms with Crippen molar-refractivity contribution in [2.45, 2.75) is 26.8 Å². The zero-order valence-corrected chi connectivity index (χ0v) is 10.7. The van der Waals surface area contributed by atoms with E-state index < -0.39 is 0 Å². The second-order valence-corrected chi connectivity index (χ2v) is 5.40. The van der Waals surface area contributed by atoms with Gasteiger partial charge >= 0.3 is 0 Å². The lowest BCUT2D eigenvalue weighted by Crippen LogP contribution is -2.21. The van der Waals surface area contributed by atoms with Gasteiger partial charge in [0.15, 0.2) is 0 Å². The zero-order chi connectivity index (χ0) is 11.5. The van der Waals surface area contributed by atoms with Crippen LogP contribution in [0.3, 0.4) is 0 Å². The predicted octanol–water partition coefficient (Wildman–Crippen LogP) is 3.21. The van der Waals surface area contributed by atoms with E-state index >= 15 is 0 Å². The second kappa shape index (κ2) is 5.15. The van der Waals surface area contributed by atoms with Crippen molar-refractivity contribution >= 4 is 11.6 Å². The van der Waals surface area contributed by atoms with Crippen LogP contribution in [-0.4, -0.2) is 23.0 Å². The summed E-state index contributed by atoms with van der Waals surface area (Å²) in [5, 5.41) is 0.595. The second-order valence-electron chi connectivity index (χ2n) is 5.01. The number of pyridine rings is 1. The van der Waals surface area contributed by atoms with Crippen molar-refractivity contribution in [3.63, 3.8) is 0 Å². The van der Waals surface area contributed by atoms with Crippen LogP contribution in [0.4, 0.5) is 0 Å². The Morgan fingerprint density at radius 2 is 2.38 bits per heavy atom. The minimum atomic E-state index is 0.595. The van der Waals surface area contributed by atoms with E-state index in [0.717, 1.165) is 18.4 Å². The van der Waals surface area contributed by atoms with E-state index in [1.165, 1.54) is 25.1 Å². The summed E-state index contributed by atoms with van der Waals surface area (Å²) in [4.78, 5) is 6.51. The number of nitrogens with zero attached hydrogens (tertiary/aromatic N) is 2. The lowest BCUT2D eigenvalue weighted by Gasteiger charge is -2.17. The Kier molecular flexibility index (Phi) is 3.82. The van der Waals surface area contributed by atoms with E-state index in [1.807, 2.05) is 6.07 Å². The molecule has 1 aromatic heterocycles. The molecule has 0 radical (unpaired) electrons. The molecule has 1 fully saturated rings. The van der Waals surface area contributed by atoms with E-state index in [1.54, 1.807) is 6.20 Å². The fraction of sp³-hybridized carbons (Fsp3) is 0.615. The summed E-state index contributed by atoms with van der Waals surface area (Å²) in [6.45, 7) is 8.07. The highest BCUT2D eigenvalue weighted by Gasteiger charge is 2.24. The Hall–Kier alpha value is -0.600. The van der Waals surface area contributed by atoms with Crippen molar-refractivity contribution in [2.24, 2.45) is 11.8 Å². The third kappa shape index (κ3) is 2.96. The van der Waals surface area contributed by atoms with Crippen LogP contribution in [0.2, 0.25) is 5.15 Å². The lowest BCUT2D eigenvalue weighted by atomic mass is 9.95. The van der Waals surface area contributed by atoms with Crippen molar-refractivity contribution in [1.29, 1.82) is 0 Å². The summed E-state index contributed by atoms with van der Waals surface area (Å²) < 4.78 is 0. The lowest BCUT2D eigenvalue weighted by molar-refractivity contribution is 0.297. The van der Waals surface area contributed by atoms with Crippen molar-refractivity contribution in [2.75, 3.05) is 13.1 Å². The largest absolute Gasteiger partial charge is 0.299 e. The normalized spacial score (nSPS) is 21.9. The van der Waals surface area contributed by atoms with Crippen LogP contribution in [-0.2, 0) is 6.54 Å². The molecule has 2 rings (SSSR count). The molecule has 88 valence electrons. The predicted molar refractivity (Wildman–Crippen MR) is 67.5 cm³/mol. The Morgan fingerprint density at radius 3 is 3.00 bits per heavy atom. The molecule has 0 N–H and O–H groups in total. The van der Waals surface area contributed by atoms with Gasteiger partial charge in [-0.25, -0.2) is 4.98 Å². The van der Waals surface area contributed by atoms with E-state index in [4.69, 9.17) is 11.6 Å². The van der Waals surface area contributed by atoms with Gasteiger partial charge in [-0.2, -0.15) is 0 Å². The first-order valence-corrected chi connectivity index (χ1v) is 6.35. The Bertz CT molecular complexity index is 352. The molecule has 16 heavy (non-hydrogen) atoms. The first-order valence-electron chi connectivity index (χ1n) is 5.98. The number of rotatable bonds is 3. The Labute approximate surface area is 103 Å². The molecule has 1 aliphatic rings. The van der Waals surface area contributed by atoms with Crippen LogP contribution in [0.25, 0.3) is 0 Å². The van der Waals surface area contributed by atoms with Gasteiger partial charge < -0.3 is 0 Å². The minimum absolute atomic E-state index is 0.595. The molecule has 0 saturated carbocycles. The zero-order valence-electron chi connectivity index (χ0n) is 9.99. The Balaban J connectivity index is 1.92. The van der Waals surface area contributed by atoms with Crippen LogP contribution in [0.1, 0.15) is 25.8 Å². The number of halogens is 1. The first kappa shape index (κ1) is 11.9. The van der Waals surface area contributed by atoms with E-state index in [-0.39, 0.29) is 0 Å². The van der Waals surface area contributed by atoms with Crippen molar-refractivity contribution in [3.8, 4) is 0 Å².